The fourth-order valence-electron chi connectivity index (χ4n) is 5.65. The minimum absolute atomic E-state index is 0.0725. The second-order valence-corrected chi connectivity index (χ2v) is 14.2. The summed E-state index contributed by atoms with van der Waals surface area (Å²) < 4.78 is 13.0. The molecule has 1 aliphatic rings. The van der Waals surface area contributed by atoms with Gasteiger partial charge in [0, 0.05) is 65.3 Å². The molecule has 0 aliphatic carbocycles. The number of pyridine rings is 1. The number of aliphatic hydroxyl groups is 1. The van der Waals surface area contributed by atoms with Crippen molar-refractivity contribution in [3.05, 3.63) is 113 Å². The van der Waals surface area contributed by atoms with Crippen LogP contribution >= 0.6 is 11.8 Å². The summed E-state index contributed by atoms with van der Waals surface area (Å²) in [6.07, 6.45) is 5.76. The summed E-state index contributed by atoms with van der Waals surface area (Å²) in [6.45, 7) is 6.00. The number of aliphatic hydroxyl groups excluding tert-OH is 1. The van der Waals surface area contributed by atoms with Gasteiger partial charge < -0.3 is 20.6 Å². The molecule has 2 heterocycles. The molecule has 1 saturated heterocycles. The SMILES string of the molecule is CC(C)(CCO)SCc1cccc(C(=O)Nc2ccc(N3CCCCC3)cc2-c2cc(C(=O)NCc3cccc(CF)c3)ccn2)c1. The van der Waals surface area contributed by atoms with Gasteiger partial charge in [-0.25, -0.2) is 4.39 Å². The van der Waals surface area contributed by atoms with Gasteiger partial charge in [0.1, 0.15) is 6.67 Å². The lowest BCUT2D eigenvalue weighted by Gasteiger charge is -2.29. The average molecular weight is 655 g/mol. The first-order valence-corrected chi connectivity index (χ1v) is 17.2. The zero-order chi connectivity index (χ0) is 33.2. The predicted molar refractivity (Wildman–Crippen MR) is 190 cm³/mol. The summed E-state index contributed by atoms with van der Waals surface area (Å²) in [5.74, 6) is 0.223. The molecule has 4 aromatic rings. The Bertz CT molecular complexity index is 1690. The first-order chi connectivity index (χ1) is 22.7. The van der Waals surface area contributed by atoms with Crippen molar-refractivity contribution in [2.75, 3.05) is 29.9 Å². The summed E-state index contributed by atoms with van der Waals surface area (Å²) in [7, 11) is 0. The van der Waals surface area contributed by atoms with E-state index >= 15 is 0 Å². The molecule has 0 unspecified atom stereocenters. The lowest BCUT2D eigenvalue weighted by molar-refractivity contribution is 0.0950. The van der Waals surface area contributed by atoms with Crippen molar-refractivity contribution < 1.29 is 19.1 Å². The van der Waals surface area contributed by atoms with Crippen LogP contribution in [0.3, 0.4) is 0 Å². The number of hydrogen-bond acceptors (Lipinski definition) is 6. The van der Waals surface area contributed by atoms with Gasteiger partial charge in [0.15, 0.2) is 0 Å². The number of rotatable bonds is 13. The molecule has 0 bridgehead atoms. The Labute approximate surface area is 281 Å². The largest absolute Gasteiger partial charge is 0.396 e. The quantitative estimate of drug-likeness (QED) is 0.136. The van der Waals surface area contributed by atoms with Crippen LogP contribution in [-0.2, 0) is 19.0 Å². The van der Waals surface area contributed by atoms with Crippen LogP contribution in [0.25, 0.3) is 11.3 Å². The smallest absolute Gasteiger partial charge is 0.255 e. The molecule has 7 nitrogen and oxygen atoms in total. The second kappa shape index (κ2) is 16.1. The molecule has 3 N–H and O–H groups in total. The molecule has 1 fully saturated rings. The highest BCUT2D eigenvalue weighted by Crippen LogP contribution is 2.34. The lowest BCUT2D eigenvalue weighted by atomic mass is 10.0. The fraction of sp³-hybridized carbons (Fsp3) is 0.342. The van der Waals surface area contributed by atoms with Crippen molar-refractivity contribution in [2.24, 2.45) is 0 Å². The van der Waals surface area contributed by atoms with Crippen molar-refractivity contribution in [1.29, 1.82) is 0 Å². The number of alkyl halides is 1. The third-order valence-electron chi connectivity index (χ3n) is 8.40. The number of anilines is 2. The number of nitrogens with zero attached hydrogens (tertiary/aromatic N) is 2. The predicted octanol–water partition coefficient (Wildman–Crippen LogP) is 7.78. The van der Waals surface area contributed by atoms with Crippen LogP contribution in [0, 0.1) is 0 Å². The van der Waals surface area contributed by atoms with Gasteiger partial charge in [-0.2, -0.15) is 11.8 Å². The normalized spacial score (nSPS) is 13.3. The molecule has 5 rings (SSSR count). The topological polar surface area (TPSA) is 94.6 Å². The van der Waals surface area contributed by atoms with Gasteiger partial charge in [0.05, 0.1) is 11.4 Å². The van der Waals surface area contributed by atoms with Gasteiger partial charge in [-0.15, -0.1) is 0 Å². The summed E-state index contributed by atoms with van der Waals surface area (Å²) in [5.41, 5.74) is 6.35. The molecule has 0 spiro atoms. The Morgan fingerprint density at radius 3 is 2.43 bits per heavy atom. The van der Waals surface area contributed by atoms with E-state index in [1.165, 1.54) is 6.42 Å². The lowest BCUT2D eigenvalue weighted by Crippen LogP contribution is -2.29. The number of halogens is 1. The van der Waals surface area contributed by atoms with Gasteiger partial charge in [-0.1, -0.05) is 50.2 Å². The molecular formula is C38H43FN4O3S. The molecule has 1 aromatic heterocycles. The van der Waals surface area contributed by atoms with Crippen molar-refractivity contribution in [3.8, 4) is 11.3 Å². The summed E-state index contributed by atoms with van der Waals surface area (Å²) in [6, 6.07) is 24.1. The molecule has 1 aliphatic heterocycles. The number of benzene rings is 3. The number of carbonyl (C=O) groups is 2. The molecule has 0 atom stereocenters. The van der Waals surface area contributed by atoms with E-state index in [-0.39, 0.29) is 29.7 Å². The van der Waals surface area contributed by atoms with Crippen LogP contribution in [0.4, 0.5) is 15.8 Å². The molecule has 246 valence electrons. The molecule has 0 saturated carbocycles. The minimum atomic E-state index is -0.556. The summed E-state index contributed by atoms with van der Waals surface area (Å²) >= 11 is 1.75. The van der Waals surface area contributed by atoms with E-state index in [2.05, 4.69) is 34.4 Å². The molecule has 0 radical (unpaired) electrons. The van der Waals surface area contributed by atoms with Crippen LogP contribution in [0.15, 0.2) is 85.1 Å². The highest BCUT2D eigenvalue weighted by Gasteiger charge is 2.20. The van der Waals surface area contributed by atoms with Gasteiger partial charge in [-0.3, -0.25) is 14.6 Å². The Morgan fingerprint density at radius 2 is 1.64 bits per heavy atom. The highest BCUT2D eigenvalue weighted by molar-refractivity contribution is 7.99. The molecule has 2 amide bonds. The summed E-state index contributed by atoms with van der Waals surface area (Å²) in [5, 5.41) is 15.4. The number of amides is 2. The second-order valence-electron chi connectivity index (χ2n) is 12.5. The molecule has 9 heteroatoms. The van der Waals surface area contributed by atoms with Crippen molar-refractivity contribution in [1.82, 2.24) is 10.3 Å². The van der Waals surface area contributed by atoms with Crippen LogP contribution in [-0.4, -0.2) is 46.3 Å². The zero-order valence-electron chi connectivity index (χ0n) is 27.1. The standard InChI is InChI=1S/C38H43FN4O3S/c1-38(2,15-19-44)47-26-29-10-7-11-30(21-29)37(46)42-34-13-12-32(43-17-4-3-5-18-43)23-33(34)35-22-31(14-16-40-35)36(45)41-25-28-9-6-8-27(20-28)24-39/h6-14,16,20-23,44H,3-5,15,17-19,24-26H2,1-2H3,(H,41,45)(H,42,46). The maximum atomic E-state index is 13.6. The minimum Gasteiger partial charge on any atom is -0.396 e. The zero-order valence-corrected chi connectivity index (χ0v) is 27.9. The number of aromatic nitrogens is 1. The van der Waals surface area contributed by atoms with Crippen LogP contribution in [0.1, 0.15) is 76.9 Å². The Kier molecular flexibility index (Phi) is 11.7. The number of hydrogen-bond donors (Lipinski definition) is 3. The number of thioether (sulfide) groups is 1. The van der Waals surface area contributed by atoms with E-state index < -0.39 is 6.67 Å². The number of piperidine rings is 1. The average Bonchev–Trinajstić information content (AvgIpc) is 3.10. The Balaban J connectivity index is 1.38. The molecule has 47 heavy (non-hydrogen) atoms. The van der Waals surface area contributed by atoms with Crippen LogP contribution < -0.4 is 15.5 Å². The van der Waals surface area contributed by atoms with E-state index in [1.807, 2.05) is 42.5 Å². The van der Waals surface area contributed by atoms with Crippen LogP contribution in [0.5, 0.6) is 0 Å². The highest BCUT2D eigenvalue weighted by atomic mass is 32.2. The van der Waals surface area contributed by atoms with E-state index in [4.69, 9.17) is 0 Å². The van der Waals surface area contributed by atoms with E-state index in [1.54, 1.807) is 54.4 Å². The van der Waals surface area contributed by atoms with Crippen molar-refractivity contribution in [2.45, 2.75) is 63.2 Å². The first kappa shape index (κ1) is 34.1. The number of nitrogens with one attached hydrogen (secondary N) is 2. The Morgan fingerprint density at radius 1 is 0.894 bits per heavy atom. The third-order valence-corrected chi connectivity index (χ3v) is 9.87. The van der Waals surface area contributed by atoms with Gasteiger partial charge in [0.2, 0.25) is 0 Å². The number of carbonyl (C=O) groups excluding carboxylic acids is 2. The fourth-order valence-corrected chi connectivity index (χ4v) is 6.62. The first-order valence-electron chi connectivity index (χ1n) is 16.2. The van der Waals surface area contributed by atoms with E-state index in [0.717, 1.165) is 54.1 Å². The van der Waals surface area contributed by atoms with Crippen molar-refractivity contribution in [3.63, 3.8) is 0 Å². The monoisotopic (exact) mass is 654 g/mol. The van der Waals surface area contributed by atoms with Gasteiger partial charge in [-0.05, 0) is 84.8 Å². The maximum absolute atomic E-state index is 13.6. The third kappa shape index (κ3) is 9.42. The molecule has 3 aromatic carbocycles. The Hall–Kier alpha value is -4.21. The van der Waals surface area contributed by atoms with E-state index in [9.17, 15) is 19.1 Å². The van der Waals surface area contributed by atoms with E-state index in [0.29, 0.717) is 34.5 Å². The molecular weight excluding hydrogens is 612 g/mol. The van der Waals surface area contributed by atoms with Gasteiger partial charge >= 0.3 is 0 Å². The van der Waals surface area contributed by atoms with Crippen LogP contribution in [0.2, 0.25) is 0 Å². The van der Waals surface area contributed by atoms with Crippen molar-refractivity contribution >= 4 is 35.0 Å². The summed E-state index contributed by atoms with van der Waals surface area (Å²) in [4.78, 5) is 33.8. The maximum Gasteiger partial charge on any atom is 0.255 e. The van der Waals surface area contributed by atoms with Gasteiger partial charge in [0.25, 0.3) is 11.8 Å².